The lowest BCUT2D eigenvalue weighted by Crippen LogP contribution is -2.04. The molecule has 3 rings (SSSR count). The fourth-order valence-electron chi connectivity index (χ4n) is 1.85. The zero-order valence-electron chi connectivity index (χ0n) is 8.27. The van der Waals surface area contributed by atoms with Crippen molar-refractivity contribution in [1.29, 1.82) is 0 Å². The number of aromatic amines is 1. The molecular weight excluding hydrogens is 204 g/mol. The Morgan fingerprint density at radius 2 is 1.94 bits per heavy atom. The van der Waals surface area contributed by atoms with Crippen LogP contribution >= 0.6 is 0 Å². The van der Waals surface area contributed by atoms with E-state index in [1.165, 1.54) is 12.4 Å². The fourth-order valence-corrected chi connectivity index (χ4v) is 1.85. The first-order valence-electron chi connectivity index (χ1n) is 4.85. The number of fused-ring (bicyclic) bond motifs is 2. The average molecular weight is 212 g/mol. The lowest BCUT2D eigenvalue weighted by molar-refractivity contribution is 0.479. The molecule has 0 unspecified atom stereocenters. The van der Waals surface area contributed by atoms with Crippen LogP contribution < -0.4 is 5.43 Å². The van der Waals surface area contributed by atoms with Gasteiger partial charge in [-0.3, -0.25) is 9.78 Å². The van der Waals surface area contributed by atoms with Crippen molar-refractivity contribution >= 4 is 21.8 Å². The van der Waals surface area contributed by atoms with E-state index in [9.17, 15) is 9.90 Å². The van der Waals surface area contributed by atoms with E-state index in [1.54, 1.807) is 12.1 Å². The number of nitrogens with one attached hydrogen (secondary N) is 1. The van der Waals surface area contributed by atoms with Crippen LogP contribution in [0.5, 0.6) is 5.75 Å². The number of pyridine rings is 2. The summed E-state index contributed by atoms with van der Waals surface area (Å²) in [7, 11) is 0. The second-order valence-electron chi connectivity index (χ2n) is 3.58. The minimum atomic E-state index is -0.177. The summed E-state index contributed by atoms with van der Waals surface area (Å²) >= 11 is 0. The number of aromatic nitrogens is 2. The third kappa shape index (κ3) is 1.10. The molecule has 1 aromatic carbocycles. The molecule has 2 N–H and O–H groups in total. The molecule has 0 bridgehead atoms. The van der Waals surface area contributed by atoms with E-state index < -0.39 is 0 Å². The predicted molar refractivity (Wildman–Crippen MR) is 61.5 cm³/mol. The quantitative estimate of drug-likeness (QED) is 0.558. The molecule has 0 radical (unpaired) electrons. The van der Waals surface area contributed by atoms with Gasteiger partial charge in [0.1, 0.15) is 5.75 Å². The van der Waals surface area contributed by atoms with E-state index in [-0.39, 0.29) is 16.6 Å². The second kappa shape index (κ2) is 3.06. The molecule has 0 saturated heterocycles. The van der Waals surface area contributed by atoms with Gasteiger partial charge >= 0.3 is 0 Å². The van der Waals surface area contributed by atoms with Crippen LogP contribution in [0.1, 0.15) is 0 Å². The van der Waals surface area contributed by atoms with Crippen molar-refractivity contribution < 1.29 is 5.11 Å². The van der Waals surface area contributed by atoms with Crippen LogP contribution in [0.15, 0.2) is 41.5 Å². The summed E-state index contributed by atoms with van der Waals surface area (Å²) in [4.78, 5) is 19.0. The van der Waals surface area contributed by atoms with Crippen LogP contribution in [-0.2, 0) is 0 Å². The lowest BCUT2D eigenvalue weighted by Gasteiger charge is -2.02. The van der Waals surface area contributed by atoms with Crippen LogP contribution in [0.25, 0.3) is 21.8 Å². The highest BCUT2D eigenvalue weighted by atomic mass is 16.3. The summed E-state index contributed by atoms with van der Waals surface area (Å²) in [5.41, 5.74) is 1.11. The van der Waals surface area contributed by atoms with Crippen LogP contribution in [-0.4, -0.2) is 15.1 Å². The van der Waals surface area contributed by atoms with Crippen LogP contribution in [0.3, 0.4) is 0 Å². The maximum Gasteiger partial charge on any atom is 0.201 e. The van der Waals surface area contributed by atoms with Gasteiger partial charge in [0.05, 0.1) is 23.3 Å². The van der Waals surface area contributed by atoms with E-state index >= 15 is 0 Å². The first-order valence-corrected chi connectivity index (χ1v) is 4.85. The maximum atomic E-state index is 12.1. The molecule has 16 heavy (non-hydrogen) atoms. The maximum absolute atomic E-state index is 12.1. The number of hydrogen-bond donors (Lipinski definition) is 2. The molecule has 0 aliphatic rings. The fraction of sp³-hybridized carbons (Fsp3) is 0. The molecule has 78 valence electrons. The van der Waals surface area contributed by atoms with Crippen LogP contribution in [0.4, 0.5) is 0 Å². The van der Waals surface area contributed by atoms with Gasteiger partial charge in [0.2, 0.25) is 5.43 Å². The zero-order chi connectivity index (χ0) is 11.1. The van der Waals surface area contributed by atoms with Crippen molar-refractivity contribution in [3.63, 3.8) is 0 Å². The molecular formula is C12H8N2O2. The molecule has 0 atom stereocenters. The standard InChI is InChI=1S/C12H8N2O2/c15-10-6-13-5-9-11(10)12(16)7-3-1-2-4-8(7)14-9/h1-6,15H,(H,14,16). The predicted octanol–water partition coefficient (Wildman–Crippen LogP) is 1.78. The molecule has 0 spiro atoms. The number of benzene rings is 1. The third-order valence-corrected chi connectivity index (χ3v) is 2.59. The Labute approximate surface area is 90.2 Å². The van der Waals surface area contributed by atoms with Crippen LogP contribution in [0.2, 0.25) is 0 Å². The Hall–Kier alpha value is -2.36. The van der Waals surface area contributed by atoms with Crippen molar-refractivity contribution in [2.75, 3.05) is 0 Å². The highest BCUT2D eigenvalue weighted by molar-refractivity contribution is 5.94. The first kappa shape index (κ1) is 8.91. The molecule has 0 aliphatic heterocycles. The average Bonchev–Trinajstić information content (AvgIpc) is 2.29. The van der Waals surface area contributed by atoms with E-state index in [4.69, 9.17) is 0 Å². The minimum absolute atomic E-state index is 0.0931. The molecule has 0 saturated carbocycles. The zero-order valence-corrected chi connectivity index (χ0v) is 8.27. The topological polar surface area (TPSA) is 66.0 Å². The van der Waals surface area contributed by atoms with Crippen molar-refractivity contribution in [2.45, 2.75) is 0 Å². The molecule has 0 amide bonds. The van der Waals surface area contributed by atoms with Gasteiger partial charge in [-0.25, -0.2) is 0 Å². The molecule has 0 fully saturated rings. The Balaban J connectivity index is 2.67. The summed E-state index contributed by atoms with van der Waals surface area (Å²) in [6.45, 7) is 0. The van der Waals surface area contributed by atoms with Gasteiger partial charge in [0, 0.05) is 10.9 Å². The van der Waals surface area contributed by atoms with E-state index in [2.05, 4.69) is 9.97 Å². The van der Waals surface area contributed by atoms with E-state index in [1.807, 2.05) is 12.1 Å². The molecule has 2 aromatic heterocycles. The number of nitrogens with zero attached hydrogens (tertiary/aromatic N) is 1. The molecule has 4 nitrogen and oxygen atoms in total. The molecule has 0 aliphatic carbocycles. The van der Waals surface area contributed by atoms with Gasteiger partial charge in [0.25, 0.3) is 0 Å². The summed E-state index contributed by atoms with van der Waals surface area (Å²) in [6, 6.07) is 7.19. The minimum Gasteiger partial charge on any atom is -0.505 e. The van der Waals surface area contributed by atoms with Crippen molar-refractivity contribution in [3.05, 3.63) is 46.9 Å². The number of rotatable bonds is 0. The van der Waals surface area contributed by atoms with Gasteiger partial charge in [-0.1, -0.05) is 12.1 Å². The van der Waals surface area contributed by atoms with Gasteiger partial charge in [0.15, 0.2) is 0 Å². The molecule has 3 aromatic rings. The Bertz CT molecular complexity index is 747. The SMILES string of the molecule is O=c1c2ccccc2[nH]c2cncc(O)c12. The Morgan fingerprint density at radius 3 is 2.81 bits per heavy atom. The number of aromatic hydroxyl groups is 1. The largest absolute Gasteiger partial charge is 0.505 e. The Morgan fingerprint density at radius 1 is 1.12 bits per heavy atom. The monoisotopic (exact) mass is 212 g/mol. The molecule has 2 heterocycles. The van der Waals surface area contributed by atoms with E-state index in [0.717, 1.165) is 5.52 Å². The summed E-state index contributed by atoms with van der Waals surface area (Å²) in [5, 5.41) is 10.5. The highest BCUT2D eigenvalue weighted by Crippen LogP contribution is 2.20. The first-order chi connectivity index (χ1) is 7.77. The molecule has 4 heteroatoms. The number of para-hydroxylation sites is 1. The normalized spacial score (nSPS) is 11.0. The summed E-state index contributed by atoms with van der Waals surface area (Å²) in [6.07, 6.45) is 2.80. The van der Waals surface area contributed by atoms with Crippen molar-refractivity contribution in [1.82, 2.24) is 9.97 Å². The van der Waals surface area contributed by atoms with Gasteiger partial charge in [-0.15, -0.1) is 0 Å². The summed E-state index contributed by atoms with van der Waals surface area (Å²) in [5.74, 6) is -0.0931. The number of hydrogen-bond acceptors (Lipinski definition) is 3. The third-order valence-electron chi connectivity index (χ3n) is 2.59. The van der Waals surface area contributed by atoms with Crippen molar-refractivity contribution in [3.8, 4) is 5.75 Å². The Kier molecular flexibility index (Phi) is 1.71. The highest BCUT2D eigenvalue weighted by Gasteiger charge is 2.08. The van der Waals surface area contributed by atoms with Crippen molar-refractivity contribution in [2.24, 2.45) is 0 Å². The van der Waals surface area contributed by atoms with Gasteiger partial charge < -0.3 is 10.1 Å². The smallest absolute Gasteiger partial charge is 0.201 e. The summed E-state index contributed by atoms with van der Waals surface area (Å²) < 4.78 is 0. The van der Waals surface area contributed by atoms with Gasteiger partial charge in [-0.05, 0) is 12.1 Å². The van der Waals surface area contributed by atoms with E-state index in [0.29, 0.717) is 10.9 Å². The lowest BCUT2D eigenvalue weighted by atomic mass is 10.1. The second-order valence-corrected chi connectivity index (χ2v) is 3.58. The van der Waals surface area contributed by atoms with Crippen LogP contribution in [0, 0.1) is 0 Å². The number of H-pyrrole nitrogens is 1. The van der Waals surface area contributed by atoms with Gasteiger partial charge in [-0.2, -0.15) is 0 Å².